The molecule has 0 aromatic heterocycles. The first kappa shape index (κ1) is 14.8. The van der Waals surface area contributed by atoms with E-state index in [9.17, 15) is 4.79 Å². The smallest absolute Gasteiger partial charge is 0.262 e. The lowest BCUT2D eigenvalue weighted by atomic mass is 10.1. The summed E-state index contributed by atoms with van der Waals surface area (Å²) in [6.45, 7) is 4.02. The van der Waals surface area contributed by atoms with E-state index in [1.165, 1.54) is 0 Å². The van der Waals surface area contributed by atoms with Gasteiger partial charge in [-0.1, -0.05) is 12.1 Å². The predicted molar refractivity (Wildman–Crippen MR) is 89.2 cm³/mol. The summed E-state index contributed by atoms with van der Waals surface area (Å²) < 4.78 is 6.69. The molecule has 2 aromatic carbocycles. The summed E-state index contributed by atoms with van der Waals surface area (Å²) in [5.74, 6) is 0.592. The number of amides is 1. The van der Waals surface area contributed by atoms with Crippen molar-refractivity contribution in [3.05, 3.63) is 57.2 Å². The third-order valence-corrected chi connectivity index (χ3v) is 3.76. The molecule has 2 rings (SSSR count). The minimum Gasteiger partial charge on any atom is -0.483 e. The summed E-state index contributed by atoms with van der Waals surface area (Å²) in [5, 5.41) is 2.81. The van der Waals surface area contributed by atoms with E-state index in [0.717, 1.165) is 26.1 Å². The molecule has 104 valence electrons. The maximum Gasteiger partial charge on any atom is 0.262 e. The molecule has 0 unspecified atom stereocenters. The number of carbonyl (C=O) groups excluding carboxylic acids is 1. The minimum atomic E-state index is -0.160. The van der Waals surface area contributed by atoms with E-state index < -0.39 is 0 Å². The molecule has 4 heteroatoms. The Labute approximate surface area is 132 Å². The van der Waals surface area contributed by atoms with E-state index in [1.54, 1.807) is 0 Å². The van der Waals surface area contributed by atoms with Crippen LogP contribution in [0.2, 0.25) is 0 Å². The largest absolute Gasteiger partial charge is 0.483 e. The first-order valence-corrected chi connectivity index (χ1v) is 7.38. The lowest BCUT2D eigenvalue weighted by Gasteiger charge is -2.11. The van der Waals surface area contributed by atoms with Crippen LogP contribution in [0.25, 0.3) is 0 Å². The van der Waals surface area contributed by atoms with Crippen LogP contribution in [0.3, 0.4) is 0 Å². The zero-order valence-electron chi connectivity index (χ0n) is 11.4. The van der Waals surface area contributed by atoms with Gasteiger partial charge in [-0.15, -0.1) is 0 Å². The highest BCUT2D eigenvalue weighted by atomic mass is 127. The predicted octanol–water partition coefficient (Wildman–Crippen LogP) is 3.93. The number of carbonyl (C=O) groups is 1. The van der Waals surface area contributed by atoms with E-state index in [4.69, 9.17) is 4.74 Å². The molecule has 0 fully saturated rings. The van der Waals surface area contributed by atoms with Crippen LogP contribution < -0.4 is 10.1 Å². The Kier molecular flexibility index (Phi) is 5.00. The second kappa shape index (κ2) is 6.74. The van der Waals surface area contributed by atoms with Crippen molar-refractivity contribution in [2.24, 2.45) is 0 Å². The van der Waals surface area contributed by atoms with Gasteiger partial charge >= 0.3 is 0 Å². The van der Waals surface area contributed by atoms with Gasteiger partial charge in [-0.05, 0) is 77.9 Å². The zero-order chi connectivity index (χ0) is 14.5. The fourth-order valence-corrected chi connectivity index (χ4v) is 2.11. The van der Waals surface area contributed by atoms with Gasteiger partial charge in [0.05, 0.1) is 0 Å². The van der Waals surface area contributed by atoms with Crippen LogP contribution in [0.15, 0.2) is 42.5 Å². The third kappa shape index (κ3) is 3.96. The van der Waals surface area contributed by atoms with Crippen LogP contribution >= 0.6 is 22.6 Å². The molecule has 3 nitrogen and oxygen atoms in total. The highest BCUT2D eigenvalue weighted by Crippen LogP contribution is 2.20. The van der Waals surface area contributed by atoms with Gasteiger partial charge in [-0.3, -0.25) is 4.79 Å². The number of nitrogens with one attached hydrogen (secondary N) is 1. The average molecular weight is 381 g/mol. The molecule has 0 aliphatic rings. The van der Waals surface area contributed by atoms with E-state index in [-0.39, 0.29) is 12.5 Å². The third-order valence-electron chi connectivity index (χ3n) is 3.04. The van der Waals surface area contributed by atoms with Crippen LogP contribution in [0, 0.1) is 17.4 Å². The molecule has 0 spiro atoms. The monoisotopic (exact) mass is 381 g/mol. The molecule has 0 aliphatic carbocycles. The normalized spacial score (nSPS) is 10.2. The molecule has 0 bridgehead atoms. The van der Waals surface area contributed by atoms with Crippen molar-refractivity contribution in [3.8, 4) is 5.75 Å². The highest BCUT2D eigenvalue weighted by Gasteiger charge is 2.06. The van der Waals surface area contributed by atoms with Crippen molar-refractivity contribution in [1.29, 1.82) is 0 Å². The van der Waals surface area contributed by atoms with E-state index >= 15 is 0 Å². The van der Waals surface area contributed by atoms with Crippen molar-refractivity contribution >= 4 is 34.2 Å². The van der Waals surface area contributed by atoms with Gasteiger partial charge in [0.15, 0.2) is 6.61 Å². The van der Waals surface area contributed by atoms with Crippen molar-refractivity contribution < 1.29 is 9.53 Å². The lowest BCUT2D eigenvalue weighted by Crippen LogP contribution is -2.20. The summed E-state index contributed by atoms with van der Waals surface area (Å²) in [5.41, 5.74) is 3.00. The number of hydrogen-bond donors (Lipinski definition) is 1. The second-order valence-electron chi connectivity index (χ2n) is 4.54. The van der Waals surface area contributed by atoms with E-state index in [0.29, 0.717) is 0 Å². The summed E-state index contributed by atoms with van der Waals surface area (Å²) in [7, 11) is 0. The standard InChI is InChI=1S/C16H16INO2/c1-11-4-3-5-15(12(11)2)20-10-16(19)18-14-8-6-13(17)7-9-14/h3-9H,10H2,1-2H3,(H,18,19). The number of ether oxygens (including phenoxy) is 1. The molecule has 2 aromatic rings. The molecule has 1 amide bonds. The maximum absolute atomic E-state index is 11.8. The molecule has 0 aliphatic heterocycles. The summed E-state index contributed by atoms with van der Waals surface area (Å²) >= 11 is 2.22. The highest BCUT2D eigenvalue weighted by molar-refractivity contribution is 14.1. The summed E-state index contributed by atoms with van der Waals surface area (Å²) in [6, 6.07) is 13.5. The van der Waals surface area contributed by atoms with Crippen LogP contribution in [0.1, 0.15) is 11.1 Å². The fraction of sp³-hybridized carbons (Fsp3) is 0.188. The van der Waals surface area contributed by atoms with Crippen LogP contribution in [0.4, 0.5) is 5.69 Å². The molecule has 0 saturated carbocycles. The SMILES string of the molecule is Cc1cccc(OCC(=O)Nc2ccc(I)cc2)c1C. The van der Waals surface area contributed by atoms with Gasteiger partial charge in [0.1, 0.15) is 5.75 Å². The van der Waals surface area contributed by atoms with E-state index in [2.05, 4.69) is 27.9 Å². The van der Waals surface area contributed by atoms with Gasteiger partial charge in [-0.2, -0.15) is 0 Å². The number of hydrogen-bond acceptors (Lipinski definition) is 2. The van der Waals surface area contributed by atoms with Crippen molar-refractivity contribution in [3.63, 3.8) is 0 Å². The summed E-state index contributed by atoms with van der Waals surface area (Å²) in [4.78, 5) is 11.8. The van der Waals surface area contributed by atoms with Gasteiger partial charge in [0, 0.05) is 9.26 Å². The Bertz CT molecular complexity index is 608. The van der Waals surface area contributed by atoms with Gasteiger partial charge in [0.25, 0.3) is 5.91 Å². The number of halogens is 1. The van der Waals surface area contributed by atoms with Crippen LogP contribution in [-0.4, -0.2) is 12.5 Å². The maximum atomic E-state index is 11.8. The quantitative estimate of drug-likeness (QED) is 0.816. The number of anilines is 1. The van der Waals surface area contributed by atoms with Crippen LogP contribution in [0.5, 0.6) is 5.75 Å². The molecule has 0 saturated heterocycles. The van der Waals surface area contributed by atoms with Crippen molar-refractivity contribution in [2.75, 3.05) is 11.9 Å². The van der Waals surface area contributed by atoms with Gasteiger partial charge in [-0.25, -0.2) is 0 Å². The molecule has 1 N–H and O–H groups in total. The first-order chi connectivity index (χ1) is 9.56. The van der Waals surface area contributed by atoms with Gasteiger partial charge < -0.3 is 10.1 Å². The number of rotatable bonds is 4. The lowest BCUT2D eigenvalue weighted by molar-refractivity contribution is -0.118. The molecule has 20 heavy (non-hydrogen) atoms. The Morgan fingerprint density at radius 1 is 1.15 bits per heavy atom. The summed E-state index contributed by atoms with van der Waals surface area (Å²) in [6.07, 6.45) is 0. The molecule has 0 heterocycles. The number of benzene rings is 2. The van der Waals surface area contributed by atoms with E-state index in [1.807, 2.05) is 56.3 Å². The Morgan fingerprint density at radius 3 is 2.55 bits per heavy atom. The Hall–Kier alpha value is -1.56. The van der Waals surface area contributed by atoms with Gasteiger partial charge in [0.2, 0.25) is 0 Å². The van der Waals surface area contributed by atoms with Crippen molar-refractivity contribution in [2.45, 2.75) is 13.8 Å². The first-order valence-electron chi connectivity index (χ1n) is 6.30. The average Bonchev–Trinajstić information content (AvgIpc) is 2.43. The Balaban J connectivity index is 1.92. The molecule has 0 radical (unpaired) electrons. The fourth-order valence-electron chi connectivity index (χ4n) is 1.75. The number of aryl methyl sites for hydroxylation is 1. The molecule has 0 atom stereocenters. The second-order valence-corrected chi connectivity index (χ2v) is 5.79. The zero-order valence-corrected chi connectivity index (χ0v) is 13.6. The molecular formula is C16H16INO2. The topological polar surface area (TPSA) is 38.3 Å². The molecular weight excluding hydrogens is 365 g/mol. The minimum absolute atomic E-state index is 0.0102. The Morgan fingerprint density at radius 2 is 1.85 bits per heavy atom. The van der Waals surface area contributed by atoms with Crippen molar-refractivity contribution in [1.82, 2.24) is 0 Å². The van der Waals surface area contributed by atoms with Crippen LogP contribution in [-0.2, 0) is 4.79 Å².